The summed E-state index contributed by atoms with van der Waals surface area (Å²) in [5, 5.41) is 19.0. The molecule has 2 aromatic heterocycles. The summed E-state index contributed by atoms with van der Waals surface area (Å²) in [6.07, 6.45) is 2.98. The molecule has 3 heterocycles. The maximum atomic E-state index is 11.9. The van der Waals surface area contributed by atoms with Crippen molar-refractivity contribution < 1.29 is 23.1 Å². The molecule has 1 aliphatic rings. The summed E-state index contributed by atoms with van der Waals surface area (Å²) >= 11 is 0. The van der Waals surface area contributed by atoms with Gasteiger partial charge in [-0.3, -0.25) is 4.79 Å². The van der Waals surface area contributed by atoms with Gasteiger partial charge >= 0.3 is 0 Å². The SMILES string of the molecule is COCCNc1nc(S(C)(=O)=O)nc2c(C=C3CC(=O)NC3O)cnn12. The number of carbonyl (C=O) groups is 1. The van der Waals surface area contributed by atoms with Crippen LogP contribution in [0.1, 0.15) is 12.0 Å². The van der Waals surface area contributed by atoms with Crippen LogP contribution in [0.25, 0.3) is 11.7 Å². The molecular weight excluding hydrogens is 364 g/mol. The average Bonchev–Trinajstić information content (AvgIpc) is 3.10. The van der Waals surface area contributed by atoms with Crippen molar-refractivity contribution in [2.24, 2.45) is 0 Å². The number of amides is 1. The fourth-order valence-corrected chi connectivity index (χ4v) is 2.93. The minimum atomic E-state index is -3.66. The Kier molecular flexibility index (Phi) is 4.89. The molecule has 26 heavy (non-hydrogen) atoms. The Morgan fingerprint density at radius 2 is 2.27 bits per heavy atom. The zero-order chi connectivity index (χ0) is 18.9. The zero-order valence-electron chi connectivity index (χ0n) is 14.1. The number of hydrogen-bond acceptors (Lipinski definition) is 9. The van der Waals surface area contributed by atoms with E-state index in [1.807, 2.05) is 0 Å². The molecule has 0 aromatic carbocycles. The van der Waals surface area contributed by atoms with Crippen LogP contribution in [0, 0.1) is 0 Å². The lowest BCUT2D eigenvalue weighted by atomic mass is 10.1. The molecule has 0 saturated carbocycles. The zero-order valence-corrected chi connectivity index (χ0v) is 14.9. The first-order chi connectivity index (χ1) is 12.3. The van der Waals surface area contributed by atoms with Crippen LogP contribution in [0.4, 0.5) is 5.95 Å². The number of hydrogen-bond donors (Lipinski definition) is 3. The van der Waals surface area contributed by atoms with E-state index in [4.69, 9.17) is 4.74 Å². The number of ether oxygens (including phenoxy) is 1. The van der Waals surface area contributed by atoms with Gasteiger partial charge < -0.3 is 20.5 Å². The third-order valence-electron chi connectivity index (χ3n) is 3.65. The lowest BCUT2D eigenvalue weighted by molar-refractivity contribution is -0.120. The van der Waals surface area contributed by atoms with E-state index in [0.717, 1.165) is 6.26 Å². The molecule has 140 valence electrons. The lowest BCUT2D eigenvalue weighted by Gasteiger charge is -2.08. The molecule has 2 aromatic rings. The number of nitrogens with one attached hydrogen (secondary N) is 2. The number of nitrogens with zero attached hydrogens (tertiary/aromatic N) is 4. The van der Waals surface area contributed by atoms with Crippen molar-refractivity contribution in [2.45, 2.75) is 17.8 Å². The fourth-order valence-electron chi connectivity index (χ4n) is 2.43. The van der Waals surface area contributed by atoms with Crippen molar-refractivity contribution in [1.29, 1.82) is 0 Å². The molecule has 0 aliphatic carbocycles. The molecule has 3 rings (SSSR count). The van der Waals surface area contributed by atoms with Gasteiger partial charge in [0.2, 0.25) is 21.7 Å². The van der Waals surface area contributed by atoms with E-state index < -0.39 is 16.1 Å². The monoisotopic (exact) mass is 382 g/mol. The Hall–Kier alpha value is -2.57. The Bertz CT molecular complexity index is 983. The van der Waals surface area contributed by atoms with E-state index in [1.54, 1.807) is 13.2 Å². The standard InChI is InChI=1S/C14H18N6O5S/c1-25-4-3-15-13-19-14(26(2,23)24)18-11-9(7-16-20(11)13)5-8-6-10(21)17-12(8)22/h5,7,12,22H,3-4,6H2,1-2H3,(H,17,21)(H,15,18,19). The molecule has 0 radical (unpaired) electrons. The maximum Gasteiger partial charge on any atom is 0.252 e. The topological polar surface area (TPSA) is 148 Å². The first-order valence-electron chi connectivity index (χ1n) is 7.66. The third kappa shape index (κ3) is 3.66. The van der Waals surface area contributed by atoms with Gasteiger partial charge in [0.15, 0.2) is 5.65 Å². The minimum Gasteiger partial charge on any atom is -0.383 e. The smallest absolute Gasteiger partial charge is 0.252 e. The van der Waals surface area contributed by atoms with Crippen LogP contribution in [-0.4, -0.2) is 71.8 Å². The number of rotatable bonds is 6. The van der Waals surface area contributed by atoms with Gasteiger partial charge in [0.1, 0.15) is 6.23 Å². The number of methoxy groups -OCH3 is 1. The number of carbonyl (C=O) groups excluding carboxylic acids is 1. The predicted molar refractivity (Wildman–Crippen MR) is 91.0 cm³/mol. The summed E-state index contributed by atoms with van der Waals surface area (Å²) in [6, 6.07) is 0. The van der Waals surface area contributed by atoms with E-state index in [0.29, 0.717) is 24.3 Å². The molecule has 1 aliphatic heterocycles. The van der Waals surface area contributed by atoms with Gasteiger partial charge in [0.05, 0.1) is 19.2 Å². The highest BCUT2D eigenvalue weighted by molar-refractivity contribution is 7.90. The van der Waals surface area contributed by atoms with Crippen molar-refractivity contribution in [3.05, 3.63) is 17.3 Å². The van der Waals surface area contributed by atoms with E-state index in [9.17, 15) is 18.3 Å². The van der Waals surface area contributed by atoms with E-state index in [2.05, 4.69) is 25.7 Å². The molecule has 11 nitrogen and oxygen atoms in total. The summed E-state index contributed by atoms with van der Waals surface area (Å²) in [7, 11) is -2.12. The molecule has 12 heteroatoms. The molecular formula is C14H18N6O5S. The van der Waals surface area contributed by atoms with Crippen LogP contribution >= 0.6 is 0 Å². The molecule has 0 spiro atoms. The fraction of sp³-hybridized carbons (Fsp3) is 0.429. The van der Waals surface area contributed by atoms with E-state index >= 15 is 0 Å². The van der Waals surface area contributed by atoms with Crippen molar-refractivity contribution >= 4 is 33.4 Å². The Balaban J connectivity index is 2.10. The summed E-state index contributed by atoms with van der Waals surface area (Å²) in [4.78, 5) is 19.5. The molecule has 1 unspecified atom stereocenters. The second-order valence-corrected chi connectivity index (χ2v) is 7.63. The van der Waals surface area contributed by atoms with Crippen molar-refractivity contribution in [3.63, 3.8) is 0 Å². The van der Waals surface area contributed by atoms with E-state index in [-0.39, 0.29) is 29.1 Å². The summed E-state index contributed by atoms with van der Waals surface area (Å²) in [5.74, 6) is -0.105. The van der Waals surface area contributed by atoms with Crippen molar-refractivity contribution in [2.75, 3.05) is 31.8 Å². The number of sulfone groups is 1. The Morgan fingerprint density at radius 1 is 1.50 bits per heavy atom. The summed E-state index contributed by atoms with van der Waals surface area (Å²) < 4.78 is 30.1. The van der Waals surface area contributed by atoms with Gasteiger partial charge in [0, 0.05) is 25.5 Å². The highest BCUT2D eigenvalue weighted by atomic mass is 32.2. The maximum absolute atomic E-state index is 11.9. The van der Waals surface area contributed by atoms with Crippen LogP contribution < -0.4 is 10.6 Å². The summed E-state index contributed by atoms with van der Waals surface area (Å²) in [6.45, 7) is 0.775. The highest BCUT2D eigenvalue weighted by Crippen LogP contribution is 2.22. The quantitative estimate of drug-likeness (QED) is 0.524. The van der Waals surface area contributed by atoms with Gasteiger partial charge in [-0.2, -0.15) is 19.6 Å². The molecule has 3 N–H and O–H groups in total. The van der Waals surface area contributed by atoms with Crippen LogP contribution in [-0.2, 0) is 19.4 Å². The van der Waals surface area contributed by atoms with Crippen LogP contribution in [0.3, 0.4) is 0 Å². The second kappa shape index (κ2) is 6.97. The number of fused-ring (bicyclic) bond motifs is 1. The van der Waals surface area contributed by atoms with Crippen molar-refractivity contribution in [1.82, 2.24) is 24.9 Å². The third-order valence-corrected chi connectivity index (χ3v) is 4.50. The van der Waals surface area contributed by atoms with Gasteiger partial charge in [0.25, 0.3) is 5.16 Å². The van der Waals surface area contributed by atoms with Crippen LogP contribution in [0.5, 0.6) is 0 Å². The lowest BCUT2D eigenvalue weighted by Crippen LogP contribution is -2.25. The van der Waals surface area contributed by atoms with Crippen molar-refractivity contribution in [3.8, 4) is 0 Å². The molecule has 1 atom stereocenters. The predicted octanol–water partition coefficient (Wildman–Crippen LogP) is -1.19. The van der Waals surface area contributed by atoms with Gasteiger partial charge in [-0.1, -0.05) is 0 Å². The minimum absolute atomic E-state index is 0.0431. The number of anilines is 1. The number of aromatic nitrogens is 4. The molecule has 1 fully saturated rings. The largest absolute Gasteiger partial charge is 0.383 e. The Morgan fingerprint density at radius 3 is 2.88 bits per heavy atom. The average molecular weight is 382 g/mol. The molecule has 1 amide bonds. The number of aliphatic hydroxyl groups excluding tert-OH is 1. The Labute approximate surface area is 149 Å². The van der Waals surface area contributed by atoms with Crippen LogP contribution in [0.15, 0.2) is 16.9 Å². The normalized spacial score (nSPS) is 19.3. The van der Waals surface area contributed by atoms with Gasteiger partial charge in [-0.25, -0.2) is 8.42 Å². The first kappa shape index (κ1) is 18.2. The molecule has 1 saturated heterocycles. The number of aliphatic hydroxyl groups is 1. The van der Waals surface area contributed by atoms with Crippen LogP contribution in [0.2, 0.25) is 0 Å². The van der Waals surface area contributed by atoms with Gasteiger partial charge in [-0.15, -0.1) is 0 Å². The first-order valence-corrected chi connectivity index (χ1v) is 9.55. The molecule has 0 bridgehead atoms. The summed E-state index contributed by atoms with van der Waals surface area (Å²) in [5.41, 5.74) is 1.13. The highest BCUT2D eigenvalue weighted by Gasteiger charge is 2.25. The van der Waals surface area contributed by atoms with E-state index in [1.165, 1.54) is 10.7 Å². The van der Waals surface area contributed by atoms with Gasteiger partial charge in [-0.05, 0) is 11.6 Å². The second-order valence-electron chi connectivity index (χ2n) is 5.72.